The normalized spacial score (nSPS) is 13.6. The highest BCUT2D eigenvalue weighted by atomic mass is 16.3. The number of nitrogens with zero attached hydrogens (tertiary/aromatic N) is 2. The molecule has 0 fully saturated rings. The van der Waals surface area contributed by atoms with Crippen molar-refractivity contribution >= 4 is 81.7 Å². The zero-order valence-corrected chi connectivity index (χ0v) is 35.3. The lowest BCUT2D eigenvalue weighted by atomic mass is 9.70. The molecule has 4 heteroatoms. The molecular formula is C62H34N2O2. The molecule has 0 N–H and O–H groups in total. The summed E-state index contributed by atoms with van der Waals surface area (Å²) in [6.45, 7) is 0. The van der Waals surface area contributed by atoms with Gasteiger partial charge in [-0.25, -0.2) is 0 Å². The van der Waals surface area contributed by atoms with Gasteiger partial charge in [-0.05, 0) is 104 Å². The van der Waals surface area contributed by atoms with E-state index in [1.54, 1.807) is 0 Å². The number of hydrogen-bond donors (Lipinski definition) is 0. The Labute approximate surface area is 376 Å². The average molecular weight is 839 g/mol. The van der Waals surface area contributed by atoms with E-state index in [0.29, 0.717) is 0 Å². The van der Waals surface area contributed by atoms with Gasteiger partial charge >= 0.3 is 0 Å². The molecular weight excluding hydrogens is 805 g/mol. The van der Waals surface area contributed by atoms with Crippen molar-refractivity contribution in [3.63, 3.8) is 0 Å². The Kier molecular flexibility index (Phi) is 6.36. The van der Waals surface area contributed by atoms with E-state index in [1.807, 2.05) is 22.6 Å². The van der Waals surface area contributed by atoms with Crippen LogP contribution in [-0.2, 0) is 5.41 Å². The van der Waals surface area contributed by atoms with Crippen molar-refractivity contribution in [2.24, 2.45) is 0 Å². The predicted molar refractivity (Wildman–Crippen MR) is 271 cm³/mol. The number of furan rings is 1. The molecule has 0 bridgehead atoms. The van der Waals surface area contributed by atoms with Gasteiger partial charge in [0.05, 0.1) is 27.5 Å². The SMILES string of the molecule is O=c1c2ccccc2c2cccc3c4cc(-c5cccc6oc7ccc(-n8c9ccccc9c9ccc%10c(c98)-c8ccccc8C%108c9ccccc9-c9ccccc98)cc7c56)ccc4n1c23. The average Bonchev–Trinajstić information content (AvgIpc) is 4.16. The summed E-state index contributed by atoms with van der Waals surface area (Å²) in [7, 11) is 0. The molecule has 0 saturated carbocycles. The number of para-hydroxylation sites is 2. The van der Waals surface area contributed by atoms with Crippen molar-refractivity contribution in [2.75, 3.05) is 0 Å². The lowest BCUT2D eigenvalue weighted by molar-refractivity contribution is 0.669. The molecule has 2 aliphatic carbocycles. The van der Waals surface area contributed by atoms with E-state index in [1.165, 1.54) is 60.8 Å². The minimum absolute atomic E-state index is 0.0137. The number of fused-ring (bicyclic) bond motifs is 22. The van der Waals surface area contributed by atoms with Crippen LogP contribution in [0.1, 0.15) is 22.3 Å². The van der Waals surface area contributed by atoms with Gasteiger partial charge in [-0.1, -0.05) is 158 Å². The van der Waals surface area contributed by atoms with Crippen molar-refractivity contribution < 1.29 is 4.42 Å². The zero-order chi connectivity index (χ0) is 43.0. The van der Waals surface area contributed by atoms with Crippen LogP contribution < -0.4 is 5.56 Å². The van der Waals surface area contributed by atoms with Crippen LogP contribution >= 0.6 is 0 Å². The standard InChI is InChI=1S/C62H34N2O2/c65-61-45-17-2-1-13-38(45)42-20-11-21-43-47-33-35(27-31-54(47)64(61)59(42)43)37-19-12-26-56-57(37)48-34-36(28-32-55(48)66-56)63-53-25-10-6-16-41(53)44-29-30-52-58(60(44)63)46-18-5-9-24-51(46)62(52)49-22-7-3-14-39(49)40-15-4-8-23-50(40)62/h1-34H. The maximum atomic E-state index is 14.1. The molecule has 0 unspecified atom stereocenters. The first-order valence-electron chi connectivity index (χ1n) is 22.7. The molecule has 4 heterocycles. The van der Waals surface area contributed by atoms with E-state index < -0.39 is 5.41 Å². The van der Waals surface area contributed by atoms with Crippen molar-refractivity contribution in [3.05, 3.63) is 239 Å². The first-order valence-corrected chi connectivity index (χ1v) is 22.7. The van der Waals surface area contributed by atoms with E-state index in [-0.39, 0.29) is 5.56 Å². The number of pyridine rings is 1. The summed E-state index contributed by atoms with van der Waals surface area (Å²) in [5.41, 5.74) is 19.2. The molecule has 0 amide bonds. The van der Waals surface area contributed by atoms with E-state index >= 15 is 0 Å². The van der Waals surface area contributed by atoms with Crippen LogP contribution in [-0.4, -0.2) is 8.97 Å². The lowest BCUT2D eigenvalue weighted by Crippen LogP contribution is -2.25. The molecule has 14 aromatic rings. The number of aromatic nitrogens is 2. The number of benzene rings is 10. The summed E-state index contributed by atoms with van der Waals surface area (Å²) in [6, 6.07) is 74.7. The van der Waals surface area contributed by atoms with Crippen LogP contribution in [0, 0.1) is 0 Å². The molecule has 1 spiro atoms. The molecule has 0 saturated heterocycles. The van der Waals surface area contributed by atoms with Crippen LogP contribution in [0.2, 0.25) is 0 Å². The molecule has 10 aromatic carbocycles. The van der Waals surface area contributed by atoms with Crippen LogP contribution in [0.25, 0.3) is 121 Å². The molecule has 4 nitrogen and oxygen atoms in total. The molecule has 2 aliphatic rings. The van der Waals surface area contributed by atoms with E-state index in [4.69, 9.17) is 4.42 Å². The Hall–Kier alpha value is -8.73. The molecule has 0 radical (unpaired) electrons. The highest BCUT2D eigenvalue weighted by Crippen LogP contribution is 2.64. The molecule has 66 heavy (non-hydrogen) atoms. The minimum atomic E-state index is -0.446. The van der Waals surface area contributed by atoms with Gasteiger partial charge in [0.1, 0.15) is 11.2 Å². The fraction of sp³-hybridized carbons (Fsp3) is 0.0161. The van der Waals surface area contributed by atoms with E-state index in [9.17, 15) is 4.79 Å². The van der Waals surface area contributed by atoms with Gasteiger partial charge < -0.3 is 8.98 Å². The van der Waals surface area contributed by atoms with Gasteiger partial charge in [0.25, 0.3) is 5.56 Å². The zero-order valence-electron chi connectivity index (χ0n) is 35.3. The third-order valence-corrected chi connectivity index (χ3v) is 15.3. The molecule has 0 aliphatic heterocycles. The first-order chi connectivity index (χ1) is 32.7. The molecule has 304 valence electrons. The predicted octanol–water partition coefficient (Wildman–Crippen LogP) is 15.2. The fourth-order valence-electron chi connectivity index (χ4n) is 12.8. The Morgan fingerprint density at radius 3 is 1.80 bits per heavy atom. The lowest BCUT2D eigenvalue weighted by Gasteiger charge is -2.30. The number of rotatable bonds is 2. The van der Waals surface area contributed by atoms with Gasteiger partial charge in [-0.15, -0.1) is 0 Å². The van der Waals surface area contributed by atoms with Gasteiger partial charge in [-0.3, -0.25) is 9.20 Å². The summed E-state index contributed by atoms with van der Waals surface area (Å²) in [6.07, 6.45) is 0. The second-order valence-corrected chi connectivity index (χ2v) is 18.2. The van der Waals surface area contributed by atoms with Gasteiger partial charge in [0.15, 0.2) is 0 Å². The Morgan fingerprint density at radius 2 is 1.00 bits per heavy atom. The van der Waals surface area contributed by atoms with Gasteiger partial charge in [-0.2, -0.15) is 0 Å². The monoisotopic (exact) mass is 838 g/mol. The maximum Gasteiger partial charge on any atom is 0.263 e. The Morgan fingerprint density at radius 1 is 0.379 bits per heavy atom. The summed E-state index contributed by atoms with van der Waals surface area (Å²) >= 11 is 0. The topological polar surface area (TPSA) is 39.5 Å². The number of hydrogen-bond acceptors (Lipinski definition) is 2. The highest BCUT2D eigenvalue weighted by molar-refractivity contribution is 6.22. The Balaban J connectivity index is 0.965. The van der Waals surface area contributed by atoms with Crippen LogP contribution in [0.5, 0.6) is 0 Å². The van der Waals surface area contributed by atoms with Crippen molar-refractivity contribution in [1.29, 1.82) is 0 Å². The van der Waals surface area contributed by atoms with Gasteiger partial charge in [0, 0.05) is 54.3 Å². The minimum Gasteiger partial charge on any atom is -0.456 e. The van der Waals surface area contributed by atoms with Gasteiger partial charge in [0.2, 0.25) is 0 Å². The fourth-order valence-corrected chi connectivity index (χ4v) is 12.8. The molecule has 4 aromatic heterocycles. The largest absolute Gasteiger partial charge is 0.456 e. The van der Waals surface area contributed by atoms with E-state index in [2.05, 4.69) is 193 Å². The summed E-state index contributed by atoms with van der Waals surface area (Å²) in [5, 5.41) is 9.51. The highest BCUT2D eigenvalue weighted by Gasteiger charge is 2.52. The van der Waals surface area contributed by atoms with E-state index in [0.717, 1.165) is 82.2 Å². The summed E-state index contributed by atoms with van der Waals surface area (Å²) in [5.74, 6) is 0. The van der Waals surface area contributed by atoms with Crippen LogP contribution in [0.4, 0.5) is 0 Å². The molecule has 16 rings (SSSR count). The van der Waals surface area contributed by atoms with Crippen molar-refractivity contribution in [1.82, 2.24) is 8.97 Å². The molecule has 0 atom stereocenters. The van der Waals surface area contributed by atoms with Crippen molar-refractivity contribution in [3.8, 4) is 39.1 Å². The van der Waals surface area contributed by atoms with Crippen molar-refractivity contribution in [2.45, 2.75) is 5.41 Å². The third kappa shape index (κ3) is 4.02. The first kappa shape index (κ1) is 34.7. The maximum absolute atomic E-state index is 14.1. The smallest absolute Gasteiger partial charge is 0.263 e. The third-order valence-electron chi connectivity index (χ3n) is 15.3. The quantitative estimate of drug-likeness (QED) is 0.163. The van der Waals surface area contributed by atoms with Crippen LogP contribution in [0.3, 0.4) is 0 Å². The second-order valence-electron chi connectivity index (χ2n) is 18.2. The summed E-state index contributed by atoms with van der Waals surface area (Å²) in [4.78, 5) is 14.1. The Bertz CT molecular complexity index is 4520. The van der Waals surface area contributed by atoms with Crippen LogP contribution in [0.15, 0.2) is 215 Å². The summed E-state index contributed by atoms with van der Waals surface area (Å²) < 4.78 is 11.1. The second kappa shape index (κ2) is 12.1.